The number of rotatable bonds is 1. The summed E-state index contributed by atoms with van der Waals surface area (Å²) in [6, 6.07) is 4.10. The Morgan fingerprint density at radius 1 is 1.43 bits per heavy atom. The molecule has 1 fully saturated rings. The van der Waals surface area contributed by atoms with Crippen LogP contribution in [-0.4, -0.2) is 30.0 Å². The van der Waals surface area contributed by atoms with Crippen LogP contribution >= 0.6 is 0 Å². The summed E-state index contributed by atoms with van der Waals surface area (Å²) in [6.45, 7) is 2.37. The van der Waals surface area contributed by atoms with Crippen LogP contribution in [0.1, 0.15) is 24.3 Å². The van der Waals surface area contributed by atoms with Crippen LogP contribution in [0.4, 0.5) is 5.82 Å². The molecule has 3 heteroatoms. The second-order valence-electron chi connectivity index (χ2n) is 4.09. The topological polar surface area (TPSA) is 42.2 Å². The lowest BCUT2D eigenvalue weighted by Crippen LogP contribution is -2.29. The maximum absolute atomic E-state index is 5.67. The highest BCUT2D eigenvalue weighted by Crippen LogP contribution is 2.27. The third-order valence-electron chi connectivity index (χ3n) is 3.00. The zero-order valence-electron chi connectivity index (χ0n) is 8.61. The van der Waals surface area contributed by atoms with Crippen LogP contribution in [0, 0.1) is 0 Å². The highest BCUT2D eigenvalue weighted by Gasteiger charge is 2.18. The largest absolute Gasteiger partial charge is 0.384 e. The third kappa shape index (κ3) is 2.04. The van der Waals surface area contributed by atoms with Crippen molar-refractivity contribution in [3.8, 4) is 0 Å². The minimum Gasteiger partial charge on any atom is -0.384 e. The van der Waals surface area contributed by atoms with E-state index in [1.165, 1.54) is 31.5 Å². The molecule has 0 aromatic carbocycles. The van der Waals surface area contributed by atoms with Gasteiger partial charge in [-0.3, -0.25) is 0 Å². The standard InChI is InChI=1S/C11H17N3/c1-14-6-3-9(4-7-14)10-2-5-13-11(12)8-10/h2,5,8-9H,3-4,6-7H2,1H3,(H2,12,13). The molecule has 14 heavy (non-hydrogen) atoms. The Labute approximate surface area is 84.9 Å². The summed E-state index contributed by atoms with van der Waals surface area (Å²) in [5.74, 6) is 1.32. The SMILES string of the molecule is CN1CCC(c2ccnc(N)c2)CC1. The monoisotopic (exact) mass is 191 g/mol. The highest BCUT2D eigenvalue weighted by atomic mass is 15.1. The first-order valence-corrected chi connectivity index (χ1v) is 5.15. The van der Waals surface area contributed by atoms with E-state index in [0.29, 0.717) is 11.7 Å². The molecule has 3 nitrogen and oxygen atoms in total. The number of likely N-dealkylation sites (tertiary alicyclic amines) is 1. The normalized spacial score (nSPS) is 19.8. The molecule has 0 saturated carbocycles. The molecule has 1 aliphatic rings. The Balaban J connectivity index is 2.08. The van der Waals surface area contributed by atoms with Gasteiger partial charge in [0.15, 0.2) is 0 Å². The molecule has 0 radical (unpaired) electrons. The van der Waals surface area contributed by atoms with E-state index in [0.717, 1.165) is 0 Å². The van der Waals surface area contributed by atoms with Gasteiger partial charge in [-0.15, -0.1) is 0 Å². The van der Waals surface area contributed by atoms with Gasteiger partial charge in [-0.1, -0.05) is 0 Å². The first kappa shape index (κ1) is 9.46. The molecule has 1 aliphatic heterocycles. The van der Waals surface area contributed by atoms with Gasteiger partial charge in [0, 0.05) is 6.20 Å². The number of nitrogen functional groups attached to an aromatic ring is 1. The fourth-order valence-electron chi connectivity index (χ4n) is 2.06. The van der Waals surface area contributed by atoms with E-state index in [-0.39, 0.29) is 0 Å². The van der Waals surface area contributed by atoms with Gasteiger partial charge in [0.1, 0.15) is 5.82 Å². The van der Waals surface area contributed by atoms with E-state index in [1.807, 2.05) is 12.3 Å². The van der Waals surface area contributed by atoms with Crippen molar-refractivity contribution in [2.75, 3.05) is 25.9 Å². The Morgan fingerprint density at radius 3 is 2.79 bits per heavy atom. The molecule has 1 aromatic heterocycles. The zero-order chi connectivity index (χ0) is 9.97. The molecule has 2 heterocycles. The number of nitrogens with zero attached hydrogens (tertiary/aromatic N) is 2. The van der Waals surface area contributed by atoms with Crippen molar-refractivity contribution < 1.29 is 0 Å². The van der Waals surface area contributed by atoms with Crippen molar-refractivity contribution in [2.45, 2.75) is 18.8 Å². The first-order valence-electron chi connectivity index (χ1n) is 5.15. The van der Waals surface area contributed by atoms with Crippen LogP contribution in [-0.2, 0) is 0 Å². The second kappa shape index (κ2) is 3.96. The summed E-state index contributed by atoms with van der Waals surface area (Å²) in [5.41, 5.74) is 7.02. The number of hydrogen-bond acceptors (Lipinski definition) is 3. The molecule has 0 unspecified atom stereocenters. The Bertz CT molecular complexity index is 303. The van der Waals surface area contributed by atoms with Crippen molar-refractivity contribution in [3.05, 3.63) is 23.9 Å². The fraction of sp³-hybridized carbons (Fsp3) is 0.545. The number of pyridine rings is 1. The van der Waals surface area contributed by atoms with Gasteiger partial charge in [-0.2, -0.15) is 0 Å². The van der Waals surface area contributed by atoms with Crippen LogP contribution in [0.3, 0.4) is 0 Å². The van der Waals surface area contributed by atoms with Gasteiger partial charge in [-0.25, -0.2) is 4.98 Å². The quantitative estimate of drug-likeness (QED) is 0.731. The summed E-state index contributed by atoms with van der Waals surface area (Å²) in [4.78, 5) is 6.39. The minimum atomic E-state index is 0.640. The van der Waals surface area contributed by atoms with E-state index in [1.54, 1.807) is 0 Å². The number of nitrogens with two attached hydrogens (primary N) is 1. The van der Waals surface area contributed by atoms with Crippen molar-refractivity contribution in [1.82, 2.24) is 9.88 Å². The molecule has 0 atom stereocenters. The number of piperidine rings is 1. The molecular weight excluding hydrogens is 174 g/mol. The van der Waals surface area contributed by atoms with Crippen LogP contribution in [0.2, 0.25) is 0 Å². The van der Waals surface area contributed by atoms with Gasteiger partial charge in [0.2, 0.25) is 0 Å². The molecule has 1 saturated heterocycles. The van der Waals surface area contributed by atoms with Gasteiger partial charge in [0.25, 0.3) is 0 Å². The van der Waals surface area contributed by atoms with E-state index < -0.39 is 0 Å². The Hall–Kier alpha value is -1.09. The van der Waals surface area contributed by atoms with Gasteiger partial charge >= 0.3 is 0 Å². The maximum atomic E-state index is 5.67. The lowest BCUT2D eigenvalue weighted by atomic mass is 9.90. The molecule has 1 aromatic rings. The van der Waals surface area contributed by atoms with Gasteiger partial charge < -0.3 is 10.6 Å². The van der Waals surface area contributed by atoms with Crippen molar-refractivity contribution in [3.63, 3.8) is 0 Å². The average Bonchev–Trinajstić information content (AvgIpc) is 2.19. The van der Waals surface area contributed by atoms with E-state index >= 15 is 0 Å². The predicted octanol–water partition coefficient (Wildman–Crippen LogP) is 1.47. The van der Waals surface area contributed by atoms with Gasteiger partial charge in [-0.05, 0) is 56.6 Å². The Morgan fingerprint density at radius 2 is 2.14 bits per heavy atom. The summed E-state index contributed by atoms with van der Waals surface area (Å²) in [6.07, 6.45) is 4.28. The number of hydrogen-bond donors (Lipinski definition) is 1. The average molecular weight is 191 g/mol. The van der Waals surface area contributed by atoms with E-state index in [9.17, 15) is 0 Å². The molecular formula is C11H17N3. The molecule has 0 aliphatic carbocycles. The van der Waals surface area contributed by atoms with Crippen molar-refractivity contribution >= 4 is 5.82 Å². The molecule has 0 bridgehead atoms. The van der Waals surface area contributed by atoms with Crippen LogP contribution in [0.25, 0.3) is 0 Å². The van der Waals surface area contributed by atoms with Crippen molar-refractivity contribution in [2.24, 2.45) is 0 Å². The zero-order valence-corrected chi connectivity index (χ0v) is 8.61. The minimum absolute atomic E-state index is 0.640. The van der Waals surface area contributed by atoms with E-state index in [4.69, 9.17) is 5.73 Å². The summed E-state index contributed by atoms with van der Waals surface area (Å²) < 4.78 is 0. The number of aromatic nitrogens is 1. The highest BCUT2D eigenvalue weighted by molar-refractivity contribution is 5.33. The van der Waals surface area contributed by atoms with E-state index in [2.05, 4.69) is 23.0 Å². The van der Waals surface area contributed by atoms with Gasteiger partial charge in [0.05, 0.1) is 0 Å². The smallest absolute Gasteiger partial charge is 0.123 e. The van der Waals surface area contributed by atoms with Crippen molar-refractivity contribution in [1.29, 1.82) is 0 Å². The summed E-state index contributed by atoms with van der Waals surface area (Å²) in [7, 11) is 2.18. The lowest BCUT2D eigenvalue weighted by molar-refractivity contribution is 0.255. The first-order chi connectivity index (χ1) is 6.75. The third-order valence-corrected chi connectivity index (χ3v) is 3.00. The second-order valence-corrected chi connectivity index (χ2v) is 4.09. The van der Waals surface area contributed by atoms with Crippen LogP contribution in [0.5, 0.6) is 0 Å². The number of anilines is 1. The molecule has 0 amide bonds. The van der Waals surface area contributed by atoms with Crippen LogP contribution in [0.15, 0.2) is 18.3 Å². The lowest BCUT2D eigenvalue weighted by Gasteiger charge is -2.29. The Kier molecular flexibility index (Phi) is 2.68. The molecule has 2 N–H and O–H groups in total. The molecule has 2 rings (SSSR count). The molecule has 0 spiro atoms. The predicted molar refractivity (Wildman–Crippen MR) is 58.1 cm³/mol. The summed E-state index contributed by atoms with van der Waals surface area (Å²) >= 11 is 0. The molecule has 76 valence electrons. The summed E-state index contributed by atoms with van der Waals surface area (Å²) in [5, 5.41) is 0. The fourth-order valence-corrected chi connectivity index (χ4v) is 2.06. The maximum Gasteiger partial charge on any atom is 0.123 e. The van der Waals surface area contributed by atoms with Crippen LogP contribution < -0.4 is 5.73 Å².